The summed E-state index contributed by atoms with van der Waals surface area (Å²) in [5.74, 6) is 0. The number of rotatable bonds is 6. The van der Waals surface area contributed by atoms with Crippen LogP contribution in [0.5, 0.6) is 0 Å². The molecule has 4 atom stereocenters. The first-order chi connectivity index (χ1) is 11.1. The van der Waals surface area contributed by atoms with Gasteiger partial charge < -0.3 is 19.0 Å². The number of benzene rings is 1. The average Bonchev–Trinajstić information content (AvgIpc) is 2.77. The lowest BCUT2D eigenvalue weighted by Crippen LogP contribution is -2.44. The van der Waals surface area contributed by atoms with E-state index in [1.807, 2.05) is 30.3 Å². The maximum atomic E-state index is 14.6. The molecule has 1 N–H and O–H groups in total. The fourth-order valence-corrected chi connectivity index (χ4v) is 3.29. The zero-order chi connectivity index (χ0) is 18.0. The molecule has 2 rings (SSSR count). The highest BCUT2D eigenvalue weighted by molar-refractivity contribution is 6.74. The van der Waals surface area contributed by atoms with Crippen LogP contribution in [0.25, 0.3) is 0 Å². The van der Waals surface area contributed by atoms with Gasteiger partial charge in [-0.05, 0) is 23.7 Å². The molecular formula is C18H29FO4Si. The summed E-state index contributed by atoms with van der Waals surface area (Å²) < 4.78 is 31.5. The molecule has 0 unspecified atom stereocenters. The van der Waals surface area contributed by atoms with Gasteiger partial charge in [-0.3, -0.25) is 0 Å². The van der Waals surface area contributed by atoms with E-state index >= 15 is 0 Å². The molecule has 0 aliphatic carbocycles. The van der Waals surface area contributed by atoms with E-state index in [2.05, 4.69) is 33.9 Å². The quantitative estimate of drug-likeness (QED) is 0.791. The number of alkyl halides is 1. The second kappa shape index (κ2) is 7.62. The Morgan fingerprint density at radius 1 is 1.21 bits per heavy atom. The molecule has 1 heterocycles. The molecule has 24 heavy (non-hydrogen) atoms. The van der Waals surface area contributed by atoms with Crippen LogP contribution in [0.15, 0.2) is 30.3 Å². The molecule has 0 radical (unpaired) electrons. The molecule has 1 aliphatic rings. The second-order valence-electron chi connectivity index (χ2n) is 7.84. The lowest BCUT2D eigenvalue weighted by molar-refractivity contribution is -0.149. The van der Waals surface area contributed by atoms with Crippen LogP contribution < -0.4 is 0 Å². The molecule has 0 spiro atoms. The van der Waals surface area contributed by atoms with Crippen LogP contribution in [-0.4, -0.2) is 44.7 Å². The van der Waals surface area contributed by atoms with Crippen molar-refractivity contribution < 1.29 is 23.4 Å². The summed E-state index contributed by atoms with van der Waals surface area (Å²) in [5, 5.41) is 10.0. The average molecular weight is 357 g/mol. The van der Waals surface area contributed by atoms with Crippen molar-refractivity contribution in [3.63, 3.8) is 0 Å². The van der Waals surface area contributed by atoms with Gasteiger partial charge in [-0.15, -0.1) is 0 Å². The molecule has 1 fully saturated rings. The van der Waals surface area contributed by atoms with Crippen molar-refractivity contribution in [2.75, 3.05) is 6.61 Å². The van der Waals surface area contributed by atoms with Crippen LogP contribution in [0.1, 0.15) is 26.3 Å². The minimum atomic E-state index is -1.99. The van der Waals surface area contributed by atoms with E-state index in [1.54, 1.807) is 0 Å². The Kier molecular flexibility index (Phi) is 6.20. The summed E-state index contributed by atoms with van der Waals surface area (Å²) in [6.07, 6.45) is -4.46. The summed E-state index contributed by atoms with van der Waals surface area (Å²) in [6.45, 7) is 11.0. The second-order valence-corrected chi connectivity index (χ2v) is 12.7. The third-order valence-corrected chi connectivity index (χ3v) is 9.46. The number of ether oxygens (including phenoxy) is 2. The van der Waals surface area contributed by atoms with E-state index in [-0.39, 0.29) is 18.3 Å². The van der Waals surface area contributed by atoms with Gasteiger partial charge in [0.05, 0.1) is 13.2 Å². The van der Waals surface area contributed by atoms with Gasteiger partial charge in [0.1, 0.15) is 12.2 Å². The molecular weight excluding hydrogens is 327 g/mol. The van der Waals surface area contributed by atoms with Crippen molar-refractivity contribution in [3.05, 3.63) is 35.9 Å². The molecule has 1 aromatic rings. The molecule has 0 bridgehead atoms. The van der Waals surface area contributed by atoms with Crippen molar-refractivity contribution >= 4 is 8.32 Å². The van der Waals surface area contributed by atoms with Gasteiger partial charge in [0.2, 0.25) is 0 Å². The van der Waals surface area contributed by atoms with Crippen LogP contribution in [0.4, 0.5) is 4.39 Å². The SMILES string of the molecule is CC(C)(C)[Si](C)(C)OC[C@H]1O[C@@H](O)[C@H](OCc2ccccc2)[C@@H]1F. The fraction of sp³-hybridized carbons (Fsp3) is 0.667. The topological polar surface area (TPSA) is 47.9 Å². The van der Waals surface area contributed by atoms with E-state index < -0.39 is 33.0 Å². The standard InChI is InChI=1S/C18H29FO4Si/c1-18(2,3)24(4,5)22-12-14-15(19)16(17(20)23-14)21-11-13-9-7-6-8-10-13/h6-10,14-17,20H,11-12H2,1-5H3/t14-,15-,16-,17-/m1/s1. The normalized spacial score (nSPS) is 28.3. The predicted molar refractivity (Wildman–Crippen MR) is 93.9 cm³/mol. The Morgan fingerprint density at radius 2 is 1.83 bits per heavy atom. The van der Waals surface area contributed by atoms with E-state index in [4.69, 9.17) is 13.9 Å². The smallest absolute Gasteiger partial charge is 0.192 e. The summed E-state index contributed by atoms with van der Waals surface area (Å²) in [4.78, 5) is 0. The van der Waals surface area contributed by atoms with Gasteiger partial charge >= 0.3 is 0 Å². The highest BCUT2D eigenvalue weighted by Crippen LogP contribution is 2.37. The summed E-state index contributed by atoms with van der Waals surface area (Å²) >= 11 is 0. The van der Waals surface area contributed by atoms with E-state index in [9.17, 15) is 9.50 Å². The number of hydrogen-bond donors (Lipinski definition) is 1. The van der Waals surface area contributed by atoms with Crippen molar-refractivity contribution in [1.29, 1.82) is 0 Å². The van der Waals surface area contributed by atoms with Gasteiger partial charge in [-0.25, -0.2) is 4.39 Å². The molecule has 6 heteroatoms. The van der Waals surface area contributed by atoms with Crippen LogP contribution in [0, 0.1) is 0 Å². The summed E-state index contributed by atoms with van der Waals surface area (Å²) in [5.41, 5.74) is 0.929. The first-order valence-corrected chi connectivity index (χ1v) is 11.3. The number of aliphatic hydroxyl groups is 1. The van der Waals surface area contributed by atoms with Crippen molar-refractivity contribution in [2.45, 2.75) is 70.2 Å². The van der Waals surface area contributed by atoms with Crippen LogP contribution >= 0.6 is 0 Å². The molecule has 136 valence electrons. The van der Waals surface area contributed by atoms with Crippen LogP contribution in [0.2, 0.25) is 18.1 Å². The van der Waals surface area contributed by atoms with Crippen molar-refractivity contribution in [2.24, 2.45) is 0 Å². The number of hydrogen-bond acceptors (Lipinski definition) is 4. The molecule has 0 saturated carbocycles. The Hall–Kier alpha value is -0.793. The van der Waals surface area contributed by atoms with Crippen molar-refractivity contribution in [1.82, 2.24) is 0 Å². The Bertz CT molecular complexity index is 518. The lowest BCUT2D eigenvalue weighted by atomic mass is 10.1. The zero-order valence-electron chi connectivity index (χ0n) is 15.2. The van der Waals surface area contributed by atoms with Crippen LogP contribution in [-0.2, 0) is 20.5 Å². The first-order valence-electron chi connectivity index (χ1n) is 8.39. The summed E-state index contributed by atoms with van der Waals surface area (Å²) in [6, 6.07) is 9.48. The molecule has 4 nitrogen and oxygen atoms in total. The third kappa shape index (κ3) is 4.64. The van der Waals surface area contributed by atoms with Gasteiger partial charge in [-0.1, -0.05) is 51.1 Å². The van der Waals surface area contributed by atoms with Gasteiger partial charge in [0.15, 0.2) is 20.8 Å². The lowest BCUT2D eigenvalue weighted by Gasteiger charge is -2.36. The van der Waals surface area contributed by atoms with E-state index in [0.29, 0.717) is 0 Å². The Morgan fingerprint density at radius 3 is 2.42 bits per heavy atom. The van der Waals surface area contributed by atoms with E-state index in [0.717, 1.165) is 5.56 Å². The number of aliphatic hydroxyl groups excluding tert-OH is 1. The van der Waals surface area contributed by atoms with Gasteiger partial charge in [0, 0.05) is 0 Å². The van der Waals surface area contributed by atoms with Gasteiger partial charge in [-0.2, -0.15) is 0 Å². The Labute approximate surface area is 145 Å². The highest BCUT2D eigenvalue weighted by Gasteiger charge is 2.47. The molecule has 1 aromatic carbocycles. The van der Waals surface area contributed by atoms with Crippen LogP contribution in [0.3, 0.4) is 0 Å². The molecule has 1 saturated heterocycles. The maximum Gasteiger partial charge on any atom is 0.192 e. The first kappa shape index (κ1) is 19.5. The fourth-order valence-electron chi connectivity index (χ4n) is 2.28. The van der Waals surface area contributed by atoms with Crippen molar-refractivity contribution in [3.8, 4) is 0 Å². The van der Waals surface area contributed by atoms with E-state index in [1.165, 1.54) is 0 Å². The largest absolute Gasteiger partial charge is 0.414 e. The molecule has 1 aliphatic heterocycles. The Balaban J connectivity index is 1.89. The van der Waals surface area contributed by atoms with Gasteiger partial charge in [0.25, 0.3) is 0 Å². The maximum absolute atomic E-state index is 14.6. The summed E-state index contributed by atoms with van der Waals surface area (Å²) in [7, 11) is -1.99. The number of halogens is 1. The highest BCUT2D eigenvalue weighted by atomic mass is 28.4. The molecule has 0 aromatic heterocycles. The minimum Gasteiger partial charge on any atom is -0.414 e. The zero-order valence-corrected chi connectivity index (χ0v) is 16.2. The monoisotopic (exact) mass is 356 g/mol. The predicted octanol–water partition coefficient (Wildman–Crippen LogP) is 3.65. The minimum absolute atomic E-state index is 0.0409. The molecule has 0 amide bonds. The third-order valence-electron chi connectivity index (χ3n) is 4.96.